The monoisotopic (exact) mass is 381 g/mol. The molecule has 1 aromatic heterocycles. The first-order chi connectivity index (χ1) is 13.4. The molecule has 2 aromatic carbocycles. The standard InChI is InChI=1S/C21H23N3O4/c1-12-8-14(27-3)9-13(2)19(12)17(25)10-22-11-18-23-16-7-5-6-15(20(16)24-18)21(26)28-4/h5-9,22H,10-11H2,1-4H3,(H,23,24). The lowest BCUT2D eigenvalue weighted by atomic mass is 9.98. The summed E-state index contributed by atoms with van der Waals surface area (Å²) < 4.78 is 10.0. The van der Waals surface area contributed by atoms with Gasteiger partial charge in [0.15, 0.2) is 5.78 Å². The maximum absolute atomic E-state index is 12.6. The van der Waals surface area contributed by atoms with Gasteiger partial charge in [-0.2, -0.15) is 0 Å². The predicted molar refractivity (Wildman–Crippen MR) is 106 cm³/mol. The molecule has 0 atom stereocenters. The Morgan fingerprint density at radius 2 is 1.86 bits per heavy atom. The highest BCUT2D eigenvalue weighted by atomic mass is 16.5. The van der Waals surface area contributed by atoms with Gasteiger partial charge in [0.05, 0.1) is 38.4 Å². The summed E-state index contributed by atoms with van der Waals surface area (Å²) in [6.45, 7) is 4.34. The van der Waals surface area contributed by atoms with E-state index in [9.17, 15) is 9.59 Å². The zero-order chi connectivity index (χ0) is 20.3. The predicted octanol–water partition coefficient (Wildman–Crippen LogP) is 2.95. The molecule has 0 aliphatic carbocycles. The number of esters is 1. The molecule has 28 heavy (non-hydrogen) atoms. The van der Waals surface area contributed by atoms with Crippen LogP contribution in [-0.2, 0) is 11.3 Å². The van der Waals surface area contributed by atoms with E-state index in [2.05, 4.69) is 15.3 Å². The third kappa shape index (κ3) is 3.89. The van der Waals surface area contributed by atoms with Crippen molar-refractivity contribution in [3.8, 4) is 5.75 Å². The number of aryl methyl sites for hydroxylation is 2. The maximum atomic E-state index is 12.6. The number of benzene rings is 2. The number of fused-ring (bicyclic) bond motifs is 1. The molecule has 7 nitrogen and oxygen atoms in total. The highest BCUT2D eigenvalue weighted by molar-refractivity contribution is 6.02. The quantitative estimate of drug-likeness (QED) is 0.483. The summed E-state index contributed by atoms with van der Waals surface area (Å²) >= 11 is 0. The second-order valence-corrected chi connectivity index (χ2v) is 6.54. The van der Waals surface area contributed by atoms with Crippen LogP contribution in [0.5, 0.6) is 5.75 Å². The molecule has 3 rings (SSSR count). The highest BCUT2D eigenvalue weighted by Crippen LogP contribution is 2.22. The molecule has 0 fully saturated rings. The number of imidazole rings is 1. The fourth-order valence-corrected chi connectivity index (χ4v) is 3.31. The first-order valence-corrected chi connectivity index (χ1v) is 8.89. The molecular weight excluding hydrogens is 358 g/mol. The van der Waals surface area contributed by atoms with Crippen LogP contribution >= 0.6 is 0 Å². The van der Waals surface area contributed by atoms with E-state index >= 15 is 0 Å². The van der Waals surface area contributed by atoms with Gasteiger partial charge in [-0.15, -0.1) is 0 Å². The molecule has 2 N–H and O–H groups in total. The van der Waals surface area contributed by atoms with E-state index in [-0.39, 0.29) is 12.3 Å². The van der Waals surface area contributed by atoms with E-state index in [0.29, 0.717) is 29.0 Å². The molecule has 7 heteroatoms. The van der Waals surface area contributed by atoms with Crippen LogP contribution in [0.4, 0.5) is 0 Å². The van der Waals surface area contributed by atoms with Gasteiger partial charge in [0.1, 0.15) is 17.1 Å². The maximum Gasteiger partial charge on any atom is 0.340 e. The van der Waals surface area contributed by atoms with Crippen LogP contribution in [0.2, 0.25) is 0 Å². The number of hydrogen-bond acceptors (Lipinski definition) is 6. The van der Waals surface area contributed by atoms with Crippen LogP contribution < -0.4 is 10.1 Å². The third-order valence-electron chi connectivity index (χ3n) is 4.57. The van der Waals surface area contributed by atoms with Gasteiger partial charge in [0.2, 0.25) is 0 Å². The summed E-state index contributed by atoms with van der Waals surface area (Å²) in [5, 5.41) is 3.12. The molecule has 3 aromatic rings. The topological polar surface area (TPSA) is 93.3 Å². The number of carbonyl (C=O) groups excluding carboxylic acids is 2. The fraction of sp³-hybridized carbons (Fsp3) is 0.286. The third-order valence-corrected chi connectivity index (χ3v) is 4.57. The molecule has 1 heterocycles. The number of rotatable bonds is 7. The number of H-pyrrole nitrogens is 1. The van der Waals surface area contributed by atoms with Gasteiger partial charge in [-0.3, -0.25) is 4.79 Å². The second-order valence-electron chi connectivity index (χ2n) is 6.54. The molecule has 0 spiro atoms. The van der Waals surface area contributed by atoms with Crippen molar-refractivity contribution in [1.29, 1.82) is 0 Å². The summed E-state index contributed by atoms with van der Waals surface area (Å²) in [6, 6.07) is 8.99. The van der Waals surface area contributed by atoms with E-state index in [1.807, 2.05) is 32.0 Å². The van der Waals surface area contributed by atoms with Crippen molar-refractivity contribution in [2.45, 2.75) is 20.4 Å². The van der Waals surface area contributed by atoms with Crippen LogP contribution in [0.25, 0.3) is 11.0 Å². The van der Waals surface area contributed by atoms with Gasteiger partial charge >= 0.3 is 5.97 Å². The summed E-state index contributed by atoms with van der Waals surface area (Å²) in [6.07, 6.45) is 0. The van der Waals surface area contributed by atoms with Gasteiger partial charge in [0, 0.05) is 5.56 Å². The lowest BCUT2D eigenvalue weighted by molar-refractivity contribution is 0.0602. The Bertz CT molecular complexity index is 1020. The van der Waals surface area contributed by atoms with Crippen molar-refractivity contribution in [2.24, 2.45) is 0 Å². The number of ether oxygens (including phenoxy) is 2. The van der Waals surface area contributed by atoms with Crippen LogP contribution in [0.15, 0.2) is 30.3 Å². The lowest BCUT2D eigenvalue weighted by Gasteiger charge is -2.11. The smallest absolute Gasteiger partial charge is 0.340 e. The van der Waals surface area contributed by atoms with Gasteiger partial charge in [0.25, 0.3) is 0 Å². The Kier molecular flexibility index (Phi) is 5.75. The minimum atomic E-state index is -0.433. The summed E-state index contributed by atoms with van der Waals surface area (Å²) in [5.41, 5.74) is 4.17. The van der Waals surface area contributed by atoms with Crippen LogP contribution in [-0.4, -0.2) is 42.5 Å². The number of para-hydroxylation sites is 1. The van der Waals surface area contributed by atoms with Crippen LogP contribution in [0.3, 0.4) is 0 Å². The van der Waals surface area contributed by atoms with Gasteiger partial charge in [-0.05, 0) is 49.2 Å². The SMILES string of the molecule is COC(=O)c1cccc2[nH]c(CNCC(=O)c3c(C)cc(OC)cc3C)nc12. The van der Waals surface area contributed by atoms with Gasteiger partial charge in [-0.25, -0.2) is 9.78 Å². The Balaban J connectivity index is 1.70. The number of ketones is 1. The van der Waals surface area contributed by atoms with Crippen molar-refractivity contribution < 1.29 is 19.1 Å². The molecule has 0 saturated heterocycles. The average molecular weight is 381 g/mol. The van der Waals surface area contributed by atoms with Crippen molar-refractivity contribution in [3.63, 3.8) is 0 Å². The molecule has 0 aliphatic rings. The minimum Gasteiger partial charge on any atom is -0.497 e. The van der Waals surface area contributed by atoms with Crippen molar-refractivity contribution in [3.05, 3.63) is 58.4 Å². The molecular formula is C21H23N3O4. The number of methoxy groups -OCH3 is 2. The number of nitrogens with zero attached hydrogens (tertiary/aromatic N) is 1. The van der Waals surface area contributed by atoms with Crippen molar-refractivity contribution in [1.82, 2.24) is 15.3 Å². The number of aromatic amines is 1. The van der Waals surface area contributed by atoms with E-state index < -0.39 is 5.97 Å². The number of carbonyl (C=O) groups is 2. The normalized spacial score (nSPS) is 10.9. The van der Waals surface area contributed by atoms with Crippen molar-refractivity contribution in [2.75, 3.05) is 20.8 Å². The molecule has 0 bridgehead atoms. The Morgan fingerprint density at radius 3 is 2.50 bits per heavy atom. The Labute approximate surface area is 163 Å². The zero-order valence-electron chi connectivity index (χ0n) is 16.4. The summed E-state index contributed by atoms with van der Waals surface area (Å²) in [4.78, 5) is 32.1. The molecule has 0 radical (unpaired) electrons. The fourth-order valence-electron chi connectivity index (χ4n) is 3.31. The average Bonchev–Trinajstić information content (AvgIpc) is 3.09. The highest BCUT2D eigenvalue weighted by Gasteiger charge is 2.16. The number of nitrogens with one attached hydrogen (secondary N) is 2. The van der Waals surface area contributed by atoms with E-state index in [4.69, 9.17) is 9.47 Å². The van der Waals surface area contributed by atoms with Gasteiger partial charge in [-0.1, -0.05) is 6.07 Å². The summed E-state index contributed by atoms with van der Waals surface area (Å²) in [7, 11) is 2.95. The molecule has 0 amide bonds. The zero-order valence-corrected chi connectivity index (χ0v) is 16.4. The van der Waals surface area contributed by atoms with E-state index in [0.717, 1.165) is 22.4 Å². The first-order valence-electron chi connectivity index (χ1n) is 8.89. The Morgan fingerprint density at radius 1 is 1.14 bits per heavy atom. The lowest BCUT2D eigenvalue weighted by Crippen LogP contribution is -2.24. The molecule has 0 aliphatic heterocycles. The first kappa shape index (κ1) is 19.6. The Hall–Kier alpha value is -3.19. The molecule has 0 saturated carbocycles. The van der Waals surface area contributed by atoms with Crippen LogP contribution in [0, 0.1) is 13.8 Å². The number of hydrogen-bond donors (Lipinski definition) is 2. The minimum absolute atomic E-state index is 0.00372. The van der Waals surface area contributed by atoms with E-state index in [1.165, 1.54) is 7.11 Å². The van der Waals surface area contributed by atoms with Crippen LogP contribution in [0.1, 0.15) is 37.7 Å². The second kappa shape index (κ2) is 8.22. The van der Waals surface area contributed by atoms with Crippen molar-refractivity contribution >= 4 is 22.8 Å². The largest absolute Gasteiger partial charge is 0.497 e. The number of Topliss-reactive ketones (excluding diaryl/α,β-unsaturated/α-hetero) is 1. The molecule has 0 unspecified atom stereocenters. The number of aromatic nitrogens is 2. The summed E-state index contributed by atoms with van der Waals surface area (Å²) in [5.74, 6) is 0.951. The molecule has 146 valence electrons. The van der Waals surface area contributed by atoms with E-state index in [1.54, 1.807) is 19.2 Å². The van der Waals surface area contributed by atoms with Gasteiger partial charge < -0.3 is 19.8 Å².